The zero-order chi connectivity index (χ0) is 16.4. The van der Waals surface area contributed by atoms with Gasteiger partial charge in [-0.3, -0.25) is 0 Å². The van der Waals surface area contributed by atoms with Gasteiger partial charge in [0, 0.05) is 11.1 Å². The number of para-hydroxylation sites is 1. The monoisotopic (exact) mass is 312 g/mol. The number of hydrogen-bond donors (Lipinski definition) is 1. The maximum atomic E-state index is 13.6. The van der Waals surface area contributed by atoms with Gasteiger partial charge in [0.05, 0.1) is 5.92 Å². The van der Waals surface area contributed by atoms with Gasteiger partial charge < -0.3 is 14.6 Å². The van der Waals surface area contributed by atoms with Crippen LogP contribution >= 0.6 is 0 Å². The number of carbonyl (C=O) groups excluding carboxylic acids is 1. The van der Waals surface area contributed by atoms with E-state index in [1.54, 1.807) is 18.2 Å². The normalized spacial score (nSPS) is 18.1. The lowest BCUT2D eigenvalue weighted by atomic mass is 9.83. The van der Waals surface area contributed by atoms with Gasteiger partial charge in [0.1, 0.15) is 29.7 Å². The van der Waals surface area contributed by atoms with Gasteiger partial charge in [-0.2, -0.15) is 0 Å². The maximum Gasteiger partial charge on any atom is 0.137 e. The fourth-order valence-electron chi connectivity index (χ4n) is 2.86. The van der Waals surface area contributed by atoms with E-state index in [2.05, 4.69) is 0 Å². The van der Waals surface area contributed by atoms with Crippen LogP contribution in [0.1, 0.15) is 30.4 Å². The molecular formula is C19H17FO3. The fourth-order valence-corrected chi connectivity index (χ4v) is 2.86. The van der Waals surface area contributed by atoms with Crippen LogP contribution in [0, 0.1) is 5.82 Å². The van der Waals surface area contributed by atoms with E-state index in [0.29, 0.717) is 34.6 Å². The minimum absolute atomic E-state index is 0.314. The van der Waals surface area contributed by atoms with Crippen molar-refractivity contribution in [1.82, 2.24) is 0 Å². The molecule has 4 heteroatoms. The standard InChI is InChI=1S/C19H17FO3/c1-2-16(22)19-18(12-6-5-7-13(20)10-12)15(11-21)14-8-3-4-9-17(14)23-19/h3-11,15-16,22H,2H2,1H3. The molecule has 2 aromatic carbocycles. The number of ether oxygens (including phenoxy) is 1. The van der Waals surface area contributed by atoms with Crippen molar-refractivity contribution in [2.24, 2.45) is 0 Å². The molecule has 2 aromatic rings. The predicted octanol–water partition coefficient (Wildman–Crippen LogP) is 3.68. The fraction of sp³-hybridized carbons (Fsp3) is 0.211. The van der Waals surface area contributed by atoms with E-state index in [-0.39, 0.29) is 0 Å². The summed E-state index contributed by atoms with van der Waals surface area (Å²) in [7, 11) is 0. The number of carbonyl (C=O) groups is 1. The average Bonchev–Trinajstić information content (AvgIpc) is 2.59. The quantitative estimate of drug-likeness (QED) is 0.876. The first-order chi connectivity index (χ1) is 11.2. The lowest BCUT2D eigenvalue weighted by Crippen LogP contribution is -2.24. The van der Waals surface area contributed by atoms with E-state index in [1.807, 2.05) is 25.1 Å². The summed E-state index contributed by atoms with van der Waals surface area (Å²) < 4.78 is 19.5. The summed E-state index contributed by atoms with van der Waals surface area (Å²) in [5.74, 6) is -0.136. The maximum absolute atomic E-state index is 13.6. The van der Waals surface area contributed by atoms with Crippen LogP contribution in [0.25, 0.3) is 5.57 Å². The highest BCUT2D eigenvalue weighted by atomic mass is 19.1. The number of hydrogen-bond acceptors (Lipinski definition) is 3. The van der Waals surface area contributed by atoms with Gasteiger partial charge in [-0.05, 0) is 30.2 Å². The van der Waals surface area contributed by atoms with Gasteiger partial charge in [0.2, 0.25) is 0 Å². The molecule has 2 unspecified atom stereocenters. The van der Waals surface area contributed by atoms with Crippen LogP contribution in [0.3, 0.4) is 0 Å². The third-order valence-corrected chi connectivity index (χ3v) is 4.01. The second kappa shape index (κ2) is 6.34. The number of rotatable bonds is 4. The van der Waals surface area contributed by atoms with Crippen LogP contribution in [-0.2, 0) is 4.79 Å². The number of aliphatic hydroxyl groups is 1. The second-order valence-electron chi connectivity index (χ2n) is 5.47. The van der Waals surface area contributed by atoms with Gasteiger partial charge in [-0.1, -0.05) is 37.3 Å². The molecular weight excluding hydrogens is 295 g/mol. The second-order valence-corrected chi connectivity index (χ2v) is 5.47. The molecule has 0 fully saturated rings. The Morgan fingerprint density at radius 3 is 2.74 bits per heavy atom. The number of halogens is 1. The Hall–Kier alpha value is -2.46. The Labute approximate surface area is 134 Å². The minimum Gasteiger partial charge on any atom is -0.458 e. The summed E-state index contributed by atoms with van der Waals surface area (Å²) in [5, 5.41) is 10.3. The molecule has 1 N–H and O–H groups in total. The molecule has 1 heterocycles. The largest absolute Gasteiger partial charge is 0.458 e. The number of allylic oxidation sites excluding steroid dienone is 1. The van der Waals surface area contributed by atoms with Crippen molar-refractivity contribution < 1.29 is 19.0 Å². The Morgan fingerprint density at radius 2 is 2.04 bits per heavy atom. The van der Waals surface area contributed by atoms with Crippen LogP contribution in [0.5, 0.6) is 5.75 Å². The Bertz CT molecular complexity index is 767. The van der Waals surface area contributed by atoms with Crippen molar-refractivity contribution in [2.75, 3.05) is 0 Å². The molecule has 1 aliphatic rings. The molecule has 0 aliphatic carbocycles. The van der Waals surface area contributed by atoms with Gasteiger partial charge in [0.15, 0.2) is 0 Å². The molecule has 0 amide bonds. The summed E-state index contributed by atoms with van der Waals surface area (Å²) in [5.41, 5.74) is 1.78. The first kappa shape index (κ1) is 15.4. The van der Waals surface area contributed by atoms with Crippen molar-refractivity contribution in [3.8, 4) is 5.75 Å². The first-order valence-corrected chi connectivity index (χ1v) is 7.55. The van der Waals surface area contributed by atoms with Crippen molar-refractivity contribution in [3.63, 3.8) is 0 Å². The number of aliphatic hydroxyl groups excluding tert-OH is 1. The number of fused-ring (bicyclic) bond motifs is 1. The highest BCUT2D eigenvalue weighted by Crippen LogP contribution is 2.43. The van der Waals surface area contributed by atoms with Crippen molar-refractivity contribution >= 4 is 11.9 Å². The lowest BCUT2D eigenvalue weighted by Gasteiger charge is -2.30. The average molecular weight is 312 g/mol. The molecule has 0 aromatic heterocycles. The Morgan fingerprint density at radius 1 is 1.26 bits per heavy atom. The van der Waals surface area contributed by atoms with Crippen LogP contribution in [0.4, 0.5) is 4.39 Å². The third-order valence-electron chi connectivity index (χ3n) is 4.01. The molecule has 0 radical (unpaired) electrons. The topological polar surface area (TPSA) is 46.5 Å². The number of aldehydes is 1. The van der Waals surface area contributed by atoms with E-state index in [4.69, 9.17) is 4.74 Å². The molecule has 3 nitrogen and oxygen atoms in total. The highest BCUT2D eigenvalue weighted by molar-refractivity contribution is 5.90. The highest BCUT2D eigenvalue weighted by Gasteiger charge is 2.32. The van der Waals surface area contributed by atoms with Gasteiger partial charge in [-0.25, -0.2) is 4.39 Å². The van der Waals surface area contributed by atoms with Crippen molar-refractivity contribution in [1.29, 1.82) is 0 Å². The molecule has 2 atom stereocenters. The molecule has 0 bridgehead atoms. The summed E-state index contributed by atoms with van der Waals surface area (Å²) in [6.07, 6.45) is 0.385. The van der Waals surface area contributed by atoms with E-state index >= 15 is 0 Å². The van der Waals surface area contributed by atoms with Gasteiger partial charge >= 0.3 is 0 Å². The number of benzene rings is 2. The van der Waals surface area contributed by atoms with Crippen LogP contribution in [0.2, 0.25) is 0 Å². The first-order valence-electron chi connectivity index (χ1n) is 7.55. The summed E-state index contributed by atoms with van der Waals surface area (Å²) in [6, 6.07) is 13.2. The molecule has 3 rings (SSSR count). The summed E-state index contributed by atoms with van der Waals surface area (Å²) in [4.78, 5) is 11.8. The zero-order valence-electron chi connectivity index (χ0n) is 12.7. The Balaban J connectivity index is 2.23. The summed E-state index contributed by atoms with van der Waals surface area (Å²) in [6.45, 7) is 1.82. The van der Waals surface area contributed by atoms with E-state index in [1.165, 1.54) is 12.1 Å². The molecule has 0 saturated heterocycles. The molecule has 1 aliphatic heterocycles. The third kappa shape index (κ3) is 2.78. The van der Waals surface area contributed by atoms with Gasteiger partial charge in [0.25, 0.3) is 0 Å². The smallest absolute Gasteiger partial charge is 0.137 e. The molecule has 0 saturated carbocycles. The van der Waals surface area contributed by atoms with Crippen molar-refractivity contribution in [3.05, 3.63) is 71.2 Å². The predicted molar refractivity (Wildman–Crippen MR) is 85.5 cm³/mol. The molecule has 118 valence electrons. The van der Waals surface area contributed by atoms with Crippen LogP contribution in [-0.4, -0.2) is 17.5 Å². The van der Waals surface area contributed by atoms with Crippen molar-refractivity contribution in [2.45, 2.75) is 25.4 Å². The van der Waals surface area contributed by atoms with E-state index < -0.39 is 17.8 Å². The van der Waals surface area contributed by atoms with Gasteiger partial charge in [-0.15, -0.1) is 0 Å². The van der Waals surface area contributed by atoms with E-state index in [0.717, 1.165) is 6.29 Å². The molecule has 0 spiro atoms. The Kier molecular flexibility index (Phi) is 4.26. The molecule has 23 heavy (non-hydrogen) atoms. The SMILES string of the molecule is CCC(O)C1=C(c2cccc(F)c2)C(C=O)c2ccccc2O1. The van der Waals surface area contributed by atoms with Crippen LogP contribution < -0.4 is 4.74 Å². The van der Waals surface area contributed by atoms with E-state index in [9.17, 15) is 14.3 Å². The lowest BCUT2D eigenvalue weighted by molar-refractivity contribution is -0.108. The zero-order valence-corrected chi connectivity index (χ0v) is 12.7. The minimum atomic E-state index is -0.857. The van der Waals surface area contributed by atoms with Crippen LogP contribution in [0.15, 0.2) is 54.3 Å². The summed E-state index contributed by atoms with van der Waals surface area (Å²) >= 11 is 0.